The molecule has 18 heavy (non-hydrogen) atoms. The third-order valence-corrected chi connectivity index (χ3v) is 3.79. The highest BCUT2D eigenvalue weighted by Gasteiger charge is 2.13. The summed E-state index contributed by atoms with van der Waals surface area (Å²) in [5.74, 6) is 7.85. The maximum Gasteiger partial charge on any atom is 0.148 e. The quantitative estimate of drug-likeness (QED) is 0.552. The maximum absolute atomic E-state index is 5.40. The average molecular weight is 249 g/mol. The molecule has 0 unspecified atom stereocenters. The summed E-state index contributed by atoms with van der Waals surface area (Å²) in [6.07, 6.45) is 9.76. The molecule has 0 atom stereocenters. The molecule has 5 heteroatoms. The molecule has 0 radical (unpaired) electrons. The molecule has 1 aromatic heterocycles. The van der Waals surface area contributed by atoms with Gasteiger partial charge in [-0.15, -0.1) is 0 Å². The van der Waals surface area contributed by atoms with E-state index >= 15 is 0 Å². The van der Waals surface area contributed by atoms with Gasteiger partial charge in [0, 0.05) is 12.1 Å². The smallest absolute Gasteiger partial charge is 0.148 e. The summed E-state index contributed by atoms with van der Waals surface area (Å²) in [7, 11) is 0. The Hall–Kier alpha value is -1.36. The van der Waals surface area contributed by atoms with Crippen LogP contribution in [0.3, 0.4) is 0 Å². The zero-order valence-electron chi connectivity index (χ0n) is 11.1. The second-order valence-corrected chi connectivity index (χ2v) is 5.06. The van der Waals surface area contributed by atoms with E-state index in [1.165, 1.54) is 44.9 Å². The summed E-state index contributed by atoms with van der Waals surface area (Å²) >= 11 is 0. The van der Waals surface area contributed by atoms with Gasteiger partial charge < -0.3 is 10.7 Å². The lowest BCUT2D eigenvalue weighted by atomic mass is 9.87. The summed E-state index contributed by atoms with van der Waals surface area (Å²) < 4.78 is 0. The van der Waals surface area contributed by atoms with Crippen LogP contribution in [-0.2, 0) is 0 Å². The van der Waals surface area contributed by atoms with Gasteiger partial charge in [-0.3, -0.25) is 0 Å². The number of hydrogen-bond acceptors (Lipinski definition) is 5. The van der Waals surface area contributed by atoms with E-state index in [2.05, 4.69) is 20.7 Å². The van der Waals surface area contributed by atoms with Crippen LogP contribution >= 0.6 is 0 Å². The lowest BCUT2D eigenvalue weighted by Crippen LogP contribution is -2.15. The monoisotopic (exact) mass is 249 g/mol. The van der Waals surface area contributed by atoms with Crippen LogP contribution in [0.2, 0.25) is 0 Å². The highest BCUT2D eigenvalue weighted by molar-refractivity contribution is 5.55. The number of nitrogens with zero attached hydrogens (tertiary/aromatic N) is 2. The van der Waals surface area contributed by atoms with Gasteiger partial charge in [0.2, 0.25) is 0 Å². The minimum absolute atomic E-state index is 0.685. The van der Waals surface area contributed by atoms with E-state index in [4.69, 9.17) is 5.84 Å². The van der Waals surface area contributed by atoms with Crippen molar-refractivity contribution in [2.45, 2.75) is 45.4 Å². The molecule has 4 N–H and O–H groups in total. The van der Waals surface area contributed by atoms with Gasteiger partial charge in [0.05, 0.1) is 0 Å². The fourth-order valence-electron chi connectivity index (χ4n) is 2.64. The average Bonchev–Trinajstić information content (AvgIpc) is 2.42. The SMILES string of the molecule is Cc1c(NN)ncnc1NCCC1CCCCC1. The summed E-state index contributed by atoms with van der Waals surface area (Å²) in [4.78, 5) is 8.32. The van der Waals surface area contributed by atoms with E-state index in [1.807, 2.05) is 6.92 Å². The molecule has 5 nitrogen and oxygen atoms in total. The Bertz CT molecular complexity index is 374. The zero-order valence-corrected chi connectivity index (χ0v) is 11.1. The standard InChI is InChI=1S/C13H23N5/c1-10-12(16-9-17-13(10)18-14)15-8-7-11-5-3-2-4-6-11/h9,11H,2-8,14H2,1H3,(H2,15,16,17,18). The largest absolute Gasteiger partial charge is 0.370 e. The summed E-state index contributed by atoms with van der Waals surface area (Å²) in [6, 6.07) is 0. The van der Waals surface area contributed by atoms with Crippen LogP contribution in [0.5, 0.6) is 0 Å². The molecule has 1 aliphatic rings. The van der Waals surface area contributed by atoms with Crippen LogP contribution in [0, 0.1) is 12.8 Å². The normalized spacial score (nSPS) is 16.6. The molecule has 0 spiro atoms. The number of aromatic nitrogens is 2. The number of rotatable bonds is 5. The molecular weight excluding hydrogens is 226 g/mol. The molecule has 0 saturated heterocycles. The van der Waals surface area contributed by atoms with Crippen LogP contribution in [0.15, 0.2) is 6.33 Å². The highest BCUT2D eigenvalue weighted by atomic mass is 15.3. The lowest BCUT2D eigenvalue weighted by molar-refractivity contribution is 0.345. The van der Waals surface area contributed by atoms with E-state index in [0.29, 0.717) is 5.82 Å². The van der Waals surface area contributed by atoms with Crippen molar-refractivity contribution in [1.29, 1.82) is 0 Å². The number of nitrogens with two attached hydrogens (primary N) is 1. The minimum atomic E-state index is 0.685. The molecule has 1 saturated carbocycles. The Morgan fingerprint density at radius 1 is 1.22 bits per heavy atom. The highest BCUT2D eigenvalue weighted by Crippen LogP contribution is 2.26. The van der Waals surface area contributed by atoms with Gasteiger partial charge in [0.1, 0.15) is 18.0 Å². The first-order valence-corrected chi connectivity index (χ1v) is 6.83. The van der Waals surface area contributed by atoms with Crippen LogP contribution < -0.4 is 16.6 Å². The van der Waals surface area contributed by atoms with Crippen LogP contribution in [0.1, 0.15) is 44.1 Å². The molecular formula is C13H23N5. The van der Waals surface area contributed by atoms with E-state index in [-0.39, 0.29) is 0 Å². The molecule has 0 amide bonds. The van der Waals surface area contributed by atoms with Gasteiger partial charge in [0.15, 0.2) is 0 Å². The van der Waals surface area contributed by atoms with Crippen LogP contribution in [0.25, 0.3) is 0 Å². The zero-order chi connectivity index (χ0) is 12.8. The first kappa shape index (κ1) is 13.1. The Kier molecular flexibility index (Phi) is 4.75. The van der Waals surface area contributed by atoms with Crippen molar-refractivity contribution in [3.63, 3.8) is 0 Å². The second kappa shape index (κ2) is 6.54. The Morgan fingerprint density at radius 3 is 2.67 bits per heavy atom. The number of nitrogens with one attached hydrogen (secondary N) is 2. The predicted octanol–water partition coefficient (Wildman–Crippen LogP) is 2.45. The molecule has 2 rings (SSSR count). The third kappa shape index (κ3) is 3.32. The fourth-order valence-corrected chi connectivity index (χ4v) is 2.64. The van der Waals surface area contributed by atoms with Crippen LogP contribution in [-0.4, -0.2) is 16.5 Å². The van der Waals surface area contributed by atoms with Gasteiger partial charge >= 0.3 is 0 Å². The molecule has 0 aromatic carbocycles. The van der Waals surface area contributed by atoms with Crippen molar-refractivity contribution in [2.24, 2.45) is 11.8 Å². The van der Waals surface area contributed by atoms with Gasteiger partial charge in [-0.1, -0.05) is 32.1 Å². The Balaban J connectivity index is 1.82. The lowest BCUT2D eigenvalue weighted by Gasteiger charge is -2.21. The molecule has 100 valence electrons. The Labute approximate surface area is 109 Å². The number of hydrazine groups is 1. The third-order valence-electron chi connectivity index (χ3n) is 3.79. The van der Waals surface area contributed by atoms with Gasteiger partial charge in [0.25, 0.3) is 0 Å². The van der Waals surface area contributed by atoms with E-state index in [1.54, 1.807) is 0 Å². The number of nitrogen functional groups attached to an aromatic ring is 1. The van der Waals surface area contributed by atoms with E-state index < -0.39 is 0 Å². The molecule has 0 aliphatic heterocycles. The predicted molar refractivity (Wildman–Crippen MR) is 74.3 cm³/mol. The molecule has 1 aliphatic carbocycles. The van der Waals surface area contributed by atoms with Gasteiger partial charge in [-0.25, -0.2) is 15.8 Å². The van der Waals surface area contributed by atoms with E-state index in [0.717, 1.165) is 23.8 Å². The minimum Gasteiger partial charge on any atom is -0.370 e. The molecule has 0 bridgehead atoms. The first-order valence-electron chi connectivity index (χ1n) is 6.83. The summed E-state index contributed by atoms with van der Waals surface area (Å²) in [5, 5.41) is 3.39. The van der Waals surface area contributed by atoms with Crippen molar-refractivity contribution >= 4 is 11.6 Å². The number of hydrogen-bond donors (Lipinski definition) is 3. The fraction of sp³-hybridized carbons (Fsp3) is 0.692. The number of anilines is 2. The van der Waals surface area contributed by atoms with Crippen molar-refractivity contribution in [1.82, 2.24) is 9.97 Å². The summed E-state index contributed by atoms with van der Waals surface area (Å²) in [5.41, 5.74) is 3.56. The van der Waals surface area contributed by atoms with E-state index in [9.17, 15) is 0 Å². The maximum atomic E-state index is 5.40. The topological polar surface area (TPSA) is 75.9 Å². The van der Waals surface area contributed by atoms with Crippen molar-refractivity contribution < 1.29 is 0 Å². The molecule has 1 fully saturated rings. The van der Waals surface area contributed by atoms with Gasteiger partial charge in [-0.2, -0.15) is 0 Å². The second-order valence-electron chi connectivity index (χ2n) is 5.06. The Morgan fingerprint density at radius 2 is 1.94 bits per heavy atom. The molecule has 1 heterocycles. The summed E-state index contributed by atoms with van der Waals surface area (Å²) in [6.45, 7) is 2.95. The van der Waals surface area contributed by atoms with Crippen molar-refractivity contribution in [2.75, 3.05) is 17.3 Å². The van der Waals surface area contributed by atoms with Crippen LogP contribution in [0.4, 0.5) is 11.6 Å². The van der Waals surface area contributed by atoms with Crippen molar-refractivity contribution in [3.8, 4) is 0 Å². The first-order chi connectivity index (χ1) is 8.81. The van der Waals surface area contributed by atoms with Gasteiger partial charge in [-0.05, 0) is 19.3 Å². The van der Waals surface area contributed by atoms with Crippen molar-refractivity contribution in [3.05, 3.63) is 11.9 Å². The molecule has 1 aromatic rings.